The van der Waals surface area contributed by atoms with E-state index in [2.05, 4.69) is 15.6 Å². The molecule has 2 N–H and O–H groups in total. The number of rotatable bonds is 4. The molecule has 5 nitrogen and oxygen atoms in total. The monoisotopic (exact) mass is 295 g/mol. The maximum atomic E-state index is 11.8. The lowest BCUT2D eigenvalue weighted by Gasteiger charge is -2.01. The first-order valence-electron chi connectivity index (χ1n) is 6.82. The first-order valence-corrected chi connectivity index (χ1v) is 6.82. The first-order chi connectivity index (χ1) is 10.6. The highest BCUT2D eigenvalue weighted by molar-refractivity contribution is 6.01. The van der Waals surface area contributed by atoms with Gasteiger partial charge in [0.15, 0.2) is 0 Å². The van der Waals surface area contributed by atoms with Gasteiger partial charge in [-0.1, -0.05) is 18.2 Å². The Morgan fingerprint density at radius 2 is 1.82 bits per heavy atom. The SMILES string of the molecule is CNC(=O)c1ccc(/C=C/C(=O)Nc2ccc(C)cn2)cc1. The van der Waals surface area contributed by atoms with Crippen LogP contribution in [0.25, 0.3) is 6.08 Å². The van der Waals surface area contributed by atoms with Gasteiger partial charge >= 0.3 is 0 Å². The van der Waals surface area contributed by atoms with E-state index in [0.717, 1.165) is 11.1 Å². The maximum absolute atomic E-state index is 11.8. The maximum Gasteiger partial charge on any atom is 0.251 e. The van der Waals surface area contributed by atoms with Crippen LogP contribution in [-0.4, -0.2) is 23.8 Å². The van der Waals surface area contributed by atoms with Crippen LogP contribution >= 0.6 is 0 Å². The molecule has 1 aromatic carbocycles. The minimum absolute atomic E-state index is 0.140. The minimum atomic E-state index is -0.258. The largest absolute Gasteiger partial charge is 0.355 e. The zero-order valence-electron chi connectivity index (χ0n) is 12.5. The molecule has 0 atom stereocenters. The molecule has 5 heteroatoms. The summed E-state index contributed by atoms with van der Waals surface area (Å²) >= 11 is 0. The van der Waals surface area contributed by atoms with Crippen molar-refractivity contribution in [2.24, 2.45) is 0 Å². The number of pyridine rings is 1. The number of nitrogens with one attached hydrogen (secondary N) is 2. The van der Waals surface area contributed by atoms with Crippen molar-refractivity contribution in [2.75, 3.05) is 12.4 Å². The van der Waals surface area contributed by atoms with Crippen LogP contribution in [0.4, 0.5) is 5.82 Å². The summed E-state index contributed by atoms with van der Waals surface area (Å²) in [6, 6.07) is 10.6. The van der Waals surface area contributed by atoms with Crippen LogP contribution < -0.4 is 10.6 Å². The number of hydrogen-bond acceptors (Lipinski definition) is 3. The molecule has 0 saturated carbocycles. The van der Waals surface area contributed by atoms with Gasteiger partial charge < -0.3 is 10.6 Å². The summed E-state index contributed by atoms with van der Waals surface area (Å²) in [5.74, 6) is 0.112. The van der Waals surface area contributed by atoms with Gasteiger partial charge in [0.25, 0.3) is 5.91 Å². The summed E-state index contributed by atoms with van der Waals surface area (Å²) in [5.41, 5.74) is 2.44. The Morgan fingerprint density at radius 3 is 2.41 bits per heavy atom. The summed E-state index contributed by atoms with van der Waals surface area (Å²) < 4.78 is 0. The molecular formula is C17H17N3O2. The molecule has 0 saturated heterocycles. The van der Waals surface area contributed by atoms with Crippen LogP contribution in [0.2, 0.25) is 0 Å². The predicted molar refractivity (Wildman–Crippen MR) is 86.5 cm³/mol. The summed E-state index contributed by atoms with van der Waals surface area (Å²) in [7, 11) is 1.58. The van der Waals surface area contributed by atoms with Gasteiger partial charge in [0.05, 0.1) is 0 Å². The number of aryl methyl sites for hydroxylation is 1. The number of nitrogens with zero attached hydrogens (tertiary/aromatic N) is 1. The third kappa shape index (κ3) is 4.28. The van der Waals surface area contributed by atoms with Crippen molar-refractivity contribution < 1.29 is 9.59 Å². The average Bonchev–Trinajstić information content (AvgIpc) is 2.55. The molecule has 0 spiro atoms. The molecule has 22 heavy (non-hydrogen) atoms. The Hall–Kier alpha value is -2.95. The number of amides is 2. The molecule has 0 aliphatic rings. The van der Waals surface area contributed by atoms with Crippen LogP contribution in [0, 0.1) is 6.92 Å². The normalized spacial score (nSPS) is 10.5. The molecule has 1 heterocycles. The second-order valence-corrected chi connectivity index (χ2v) is 4.74. The molecule has 2 amide bonds. The second-order valence-electron chi connectivity index (χ2n) is 4.74. The van der Waals surface area contributed by atoms with E-state index in [0.29, 0.717) is 11.4 Å². The first kappa shape index (κ1) is 15.4. The molecule has 1 aromatic heterocycles. The van der Waals surface area contributed by atoms with Crippen molar-refractivity contribution in [3.05, 3.63) is 65.4 Å². The lowest BCUT2D eigenvalue weighted by atomic mass is 10.1. The summed E-state index contributed by atoms with van der Waals surface area (Å²) in [6.07, 6.45) is 4.80. The minimum Gasteiger partial charge on any atom is -0.355 e. The molecule has 2 rings (SSSR count). The van der Waals surface area contributed by atoms with E-state index in [1.807, 2.05) is 13.0 Å². The van der Waals surface area contributed by atoms with Gasteiger partial charge in [0.1, 0.15) is 5.82 Å². The third-order valence-electron chi connectivity index (χ3n) is 2.99. The molecule has 0 aliphatic carbocycles. The van der Waals surface area contributed by atoms with Crippen molar-refractivity contribution in [1.82, 2.24) is 10.3 Å². The molecule has 2 aromatic rings. The van der Waals surface area contributed by atoms with Crippen LogP contribution in [-0.2, 0) is 4.79 Å². The number of hydrogen-bond donors (Lipinski definition) is 2. The highest BCUT2D eigenvalue weighted by Gasteiger charge is 2.02. The topological polar surface area (TPSA) is 71.1 Å². The van der Waals surface area contributed by atoms with E-state index in [9.17, 15) is 9.59 Å². The Balaban J connectivity index is 1.97. The molecular weight excluding hydrogens is 278 g/mol. The number of benzene rings is 1. The number of aromatic nitrogens is 1. The van der Waals surface area contributed by atoms with Gasteiger partial charge in [-0.05, 0) is 42.3 Å². The van der Waals surface area contributed by atoms with Crippen LogP contribution in [0.5, 0.6) is 0 Å². The molecule has 0 radical (unpaired) electrons. The number of carbonyl (C=O) groups is 2. The quantitative estimate of drug-likeness (QED) is 0.851. The average molecular weight is 295 g/mol. The van der Waals surface area contributed by atoms with Gasteiger partial charge in [-0.15, -0.1) is 0 Å². The van der Waals surface area contributed by atoms with Crippen LogP contribution in [0.3, 0.4) is 0 Å². The van der Waals surface area contributed by atoms with Crippen molar-refractivity contribution >= 4 is 23.7 Å². The molecule has 0 bridgehead atoms. The van der Waals surface area contributed by atoms with Gasteiger partial charge in [0, 0.05) is 24.9 Å². The lowest BCUT2D eigenvalue weighted by Crippen LogP contribution is -2.17. The second kappa shape index (κ2) is 7.17. The lowest BCUT2D eigenvalue weighted by molar-refractivity contribution is -0.111. The van der Waals surface area contributed by atoms with E-state index < -0.39 is 0 Å². The fourth-order valence-corrected chi connectivity index (χ4v) is 1.77. The Bertz CT molecular complexity index is 689. The fraction of sp³-hybridized carbons (Fsp3) is 0.118. The fourth-order valence-electron chi connectivity index (χ4n) is 1.77. The van der Waals surface area contributed by atoms with Gasteiger partial charge in [-0.25, -0.2) is 4.98 Å². The molecule has 0 fully saturated rings. The Morgan fingerprint density at radius 1 is 1.09 bits per heavy atom. The van der Waals surface area contributed by atoms with E-state index in [4.69, 9.17) is 0 Å². The van der Waals surface area contributed by atoms with Gasteiger partial charge in [-0.3, -0.25) is 9.59 Å². The third-order valence-corrected chi connectivity index (χ3v) is 2.99. The molecule has 112 valence electrons. The van der Waals surface area contributed by atoms with Crippen molar-refractivity contribution in [3.63, 3.8) is 0 Å². The Labute approximate surface area is 129 Å². The smallest absolute Gasteiger partial charge is 0.251 e. The summed E-state index contributed by atoms with van der Waals surface area (Å²) in [6.45, 7) is 1.93. The Kier molecular flexibility index (Phi) is 5.03. The van der Waals surface area contributed by atoms with Gasteiger partial charge in [0.2, 0.25) is 5.91 Å². The predicted octanol–water partition coefficient (Wildman–Crippen LogP) is 2.40. The number of carbonyl (C=O) groups excluding carboxylic acids is 2. The van der Waals surface area contributed by atoms with E-state index in [1.165, 1.54) is 6.08 Å². The highest BCUT2D eigenvalue weighted by atomic mass is 16.2. The zero-order valence-corrected chi connectivity index (χ0v) is 12.5. The standard InChI is InChI=1S/C17H17N3O2/c1-12-3-9-15(19-11-12)20-16(21)10-6-13-4-7-14(8-5-13)17(22)18-2/h3-11H,1-2H3,(H,18,22)(H,19,20,21)/b10-6+. The number of anilines is 1. The van der Waals surface area contributed by atoms with Crippen molar-refractivity contribution in [3.8, 4) is 0 Å². The molecule has 0 unspecified atom stereocenters. The van der Waals surface area contributed by atoms with E-state index in [-0.39, 0.29) is 11.8 Å². The highest BCUT2D eigenvalue weighted by Crippen LogP contribution is 2.07. The molecule has 0 aliphatic heterocycles. The van der Waals surface area contributed by atoms with E-state index in [1.54, 1.807) is 49.7 Å². The zero-order chi connectivity index (χ0) is 15.9. The van der Waals surface area contributed by atoms with E-state index >= 15 is 0 Å². The van der Waals surface area contributed by atoms with Crippen LogP contribution in [0.15, 0.2) is 48.7 Å². The van der Waals surface area contributed by atoms with Crippen molar-refractivity contribution in [2.45, 2.75) is 6.92 Å². The van der Waals surface area contributed by atoms with Gasteiger partial charge in [-0.2, -0.15) is 0 Å². The van der Waals surface area contributed by atoms with Crippen molar-refractivity contribution in [1.29, 1.82) is 0 Å². The summed E-state index contributed by atoms with van der Waals surface area (Å²) in [4.78, 5) is 27.3. The summed E-state index contributed by atoms with van der Waals surface area (Å²) in [5, 5.41) is 5.23. The van der Waals surface area contributed by atoms with Crippen LogP contribution in [0.1, 0.15) is 21.5 Å².